The van der Waals surface area contributed by atoms with Crippen LogP contribution in [-0.2, 0) is 27.3 Å². The summed E-state index contributed by atoms with van der Waals surface area (Å²) in [6, 6.07) is 23.2. The number of para-hydroxylation sites is 2. The molecule has 9 N–H and O–H groups in total. The minimum absolute atomic E-state index is 0.112. The smallest absolute Gasteiger partial charge is 0.333 e. The molecule has 1 aliphatic heterocycles. The Balaban J connectivity index is 0.000000426. The molecule has 0 saturated heterocycles. The fourth-order valence-electron chi connectivity index (χ4n) is 4.70. The van der Waals surface area contributed by atoms with Crippen LogP contribution in [0.4, 0.5) is 11.4 Å². The van der Waals surface area contributed by atoms with Crippen LogP contribution in [-0.4, -0.2) is 79.7 Å². The van der Waals surface area contributed by atoms with Gasteiger partial charge in [0.25, 0.3) is 0 Å². The molecule has 13 nitrogen and oxygen atoms in total. The Morgan fingerprint density at radius 1 is 1.02 bits per heavy atom. The molecule has 2 atom stereocenters. The van der Waals surface area contributed by atoms with E-state index in [1.54, 1.807) is 6.92 Å². The van der Waals surface area contributed by atoms with E-state index in [1.165, 1.54) is 0 Å². The zero-order chi connectivity index (χ0) is 34.0. The van der Waals surface area contributed by atoms with Gasteiger partial charge in [0.15, 0.2) is 12.1 Å². The number of carbonyl (C=O) groups is 2. The van der Waals surface area contributed by atoms with Gasteiger partial charge in [-0.25, -0.2) is 4.79 Å². The maximum atomic E-state index is 11.3. The highest BCUT2D eigenvalue weighted by atomic mass is 16.5. The van der Waals surface area contributed by atoms with Gasteiger partial charge in [-0.2, -0.15) is 0 Å². The molecule has 13 heteroatoms. The van der Waals surface area contributed by atoms with E-state index in [0.717, 1.165) is 47.1 Å². The molecule has 0 aromatic heterocycles. The van der Waals surface area contributed by atoms with E-state index < -0.39 is 24.1 Å². The molecule has 0 aliphatic carbocycles. The molecule has 0 bridgehead atoms. The van der Waals surface area contributed by atoms with Crippen molar-refractivity contribution in [2.75, 3.05) is 49.7 Å². The number of fused-ring (bicyclic) bond motifs is 1. The minimum atomic E-state index is -1.00. The van der Waals surface area contributed by atoms with Gasteiger partial charge >= 0.3 is 11.9 Å². The number of guanidine groups is 1. The van der Waals surface area contributed by atoms with E-state index in [9.17, 15) is 14.7 Å². The van der Waals surface area contributed by atoms with Gasteiger partial charge in [0.2, 0.25) is 0 Å². The fourth-order valence-corrected chi connectivity index (χ4v) is 4.70. The summed E-state index contributed by atoms with van der Waals surface area (Å²) in [7, 11) is 0. The Morgan fingerprint density at radius 3 is 2.38 bits per heavy atom. The topological polar surface area (TPSA) is 205 Å². The minimum Gasteiger partial charge on any atom is -0.492 e. The van der Waals surface area contributed by atoms with Gasteiger partial charge in [-0.1, -0.05) is 36.4 Å². The molecule has 0 radical (unpaired) electrons. The normalized spacial score (nSPS) is 13.1. The third kappa shape index (κ3) is 13.1. The second-order valence-corrected chi connectivity index (χ2v) is 10.8. The number of nitrogens with one attached hydrogen (secondary N) is 3. The first-order chi connectivity index (χ1) is 22.7. The van der Waals surface area contributed by atoms with Crippen molar-refractivity contribution in [1.82, 2.24) is 5.32 Å². The van der Waals surface area contributed by atoms with E-state index in [-0.39, 0.29) is 5.96 Å². The molecule has 1 aliphatic rings. The van der Waals surface area contributed by atoms with Gasteiger partial charge in [0.05, 0.1) is 18.8 Å². The van der Waals surface area contributed by atoms with E-state index in [1.807, 2.05) is 66.7 Å². The molecular formula is C34H46N6O7. The highest BCUT2D eigenvalue weighted by Crippen LogP contribution is 2.30. The summed E-state index contributed by atoms with van der Waals surface area (Å²) in [6.07, 6.45) is 0.522. The maximum Gasteiger partial charge on any atom is 0.333 e. The fraction of sp³-hybridized carbons (Fsp3) is 0.382. The number of hydrogen-bond donors (Lipinski definition) is 7. The summed E-state index contributed by atoms with van der Waals surface area (Å²) in [4.78, 5) is 23.8. The lowest BCUT2D eigenvalue weighted by Gasteiger charge is -2.31. The van der Waals surface area contributed by atoms with Gasteiger partial charge in [0, 0.05) is 31.8 Å². The highest BCUT2D eigenvalue weighted by Gasteiger charge is 2.18. The van der Waals surface area contributed by atoms with Gasteiger partial charge < -0.3 is 51.4 Å². The number of carboxylic acid groups (broad SMARTS) is 2. The predicted octanol–water partition coefficient (Wildman–Crippen LogP) is 3.27. The van der Waals surface area contributed by atoms with Gasteiger partial charge in [-0.15, -0.1) is 0 Å². The zero-order valence-electron chi connectivity index (χ0n) is 26.7. The Morgan fingerprint density at radius 2 is 1.72 bits per heavy atom. The van der Waals surface area contributed by atoms with Crippen LogP contribution < -0.4 is 36.5 Å². The summed E-state index contributed by atoms with van der Waals surface area (Å²) in [5.41, 5.74) is 14.4. The van der Waals surface area contributed by atoms with Crippen molar-refractivity contribution in [2.45, 2.75) is 44.9 Å². The molecule has 3 aromatic carbocycles. The standard InChI is InChI=1S/C28H32N2O5.C6H14N4O2/c1-2-33-27(28(31)32)19-21-7-9-22(10-8-21)20-29-23-11-13-24(14-12-23)34-17-15-30-16-18-35-26-6-4-3-5-25(26)30;7-4(5(11)12)2-1-3-10-6(8)9/h3-14,27,29H,2,15-20H2,1H3,(H,31,32);4H,1-3,7H2,(H,11,12)(H4,8,9,10)/t;4-/m.0/s1. The van der Waals surface area contributed by atoms with E-state index in [0.29, 0.717) is 52.2 Å². The van der Waals surface area contributed by atoms with Gasteiger partial charge in [-0.3, -0.25) is 10.2 Å². The molecular weight excluding hydrogens is 604 g/mol. The van der Waals surface area contributed by atoms with Crippen molar-refractivity contribution < 1.29 is 34.0 Å². The number of nitrogens with zero attached hydrogens (tertiary/aromatic N) is 1. The van der Waals surface area contributed by atoms with Gasteiger partial charge in [-0.05, 0) is 67.3 Å². The van der Waals surface area contributed by atoms with E-state index in [4.69, 9.17) is 36.2 Å². The second kappa shape index (κ2) is 19.5. The number of anilines is 2. The first-order valence-electron chi connectivity index (χ1n) is 15.6. The lowest BCUT2D eigenvalue weighted by molar-refractivity contribution is -0.150. The van der Waals surface area contributed by atoms with Crippen LogP contribution in [0.25, 0.3) is 0 Å². The molecule has 0 amide bonds. The largest absolute Gasteiger partial charge is 0.492 e. The Kier molecular flexibility index (Phi) is 15.1. The number of carboxylic acids is 2. The van der Waals surface area contributed by atoms with E-state index >= 15 is 0 Å². The van der Waals surface area contributed by atoms with Crippen LogP contribution >= 0.6 is 0 Å². The number of rotatable bonds is 17. The average Bonchev–Trinajstić information content (AvgIpc) is 3.07. The second-order valence-electron chi connectivity index (χ2n) is 10.8. The molecule has 254 valence electrons. The monoisotopic (exact) mass is 650 g/mol. The molecule has 1 heterocycles. The predicted molar refractivity (Wildman–Crippen MR) is 181 cm³/mol. The third-order valence-corrected chi connectivity index (χ3v) is 7.22. The number of ether oxygens (including phenoxy) is 3. The van der Waals surface area contributed by atoms with Crippen molar-refractivity contribution in [1.29, 1.82) is 5.41 Å². The third-order valence-electron chi connectivity index (χ3n) is 7.22. The van der Waals surface area contributed by atoms with Crippen molar-refractivity contribution in [2.24, 2.45) is 11.5 Å². The molecule has 3 aromatic rings. The lowest BCUT2D eigenvalue weighted by Crippen LogP contribution is -2.35. The SMILES string of the molecule is CCOC(Cc1ccc(CNc2ccc(OCCN3CCOc4ccccc43)cc2)cc1)C(=O)O.N=C(N)NCCC[C@H](N)C(=O)O. The molecule has 4 rings (SSSR count). The van der Waals surface area contributed by atoms with Crippen molar-refractivity contribution >= 4 is 29.3 Å². The molecule has 0 fully saturated rings. The molecule has 0 spiro atoms. The van der Waals surface area contributed by atoms with Crippen LogP contribution in [0.2, 0.25) is 0 Å². The maximum absolute atomic E-state index is 11.3. The summed E-state index contributed by atoms with van der Waals surface area (Å²) in [6.45, 7) is 6.28. The lowest BCUT2D eigenvalue weighted by atomic mass is 10.1. The summed E-state index contributed by atoms with van der Waals surface area (Å²) in [5.74, 6) is -0.282. The number of aliphatic carboxylic acids is 2. The van der Waals surface area contributed by atoms with Crippen LogP contribution in [0.5, 0.6) is 11.5 Å². The highest BCUT2D eigenvalue weighted by molar-refractivity contribution is 5.74. The number of nitrogens with two attached hydrogens (primary N) is 2. The average molecular weight is 651 g/mol. The molecule has 47 heavy (non-hydrogen) atoms. The Bertz CT molecular complexity index is 1400. The quantitative estimate of drug-likeness (QED) is 0.0639. The van der Waals surface area contributed by atoms with Gasteiger partial charge in [0.1, 0.15) is 30.8 Å². The van der Waals surface area contributed by atoms with Crippen LogP contribution in [0, 0.1) is 5.41 Å². The Hall–Kier alpha value is -5.01. The number of benzene rings is 3. The van der Waals surface area contributed by atoms with Crippen molar-refractivity contribution in [3.05, 3.63) is 83.9 Å². The Labute approximate surface area is 275 Å². The van der Waals surface area contributed by atoms with Crippen LogP contribution in [0.15, 0.2) is 72.8 Å². The summed E-state index contributed by atoms with van der Waals surface area (Å²) < 4.78 is 17.0. The molecule has 0 saturated carbocycles. The zero-order valence-corrected chi connectivity index (χ0v) is 26.7. The first-order valence-corrected chi connectivity index (χ1v) is 15.6. The van der Waals surface area contributed by atoms with Crippen molar-refractivity contribution in [3.8, 4) is 11.5 Å². The van der Waals surface area contributed by atoms with E-state index in [2.05, 4.69) is 21.6 Å². The van der Waals surface area contributed by atoms with Crippen molar-refractivity contribution in [3.63, 3.8) is 0 Å². The summed E-state index contributed by atoms with van der Waals surface area (Å²) in [5, 5.41) is 30.4. The van der Waals surface area contributed by atoms with Crippen LogP contribution in [0.1, 0.15) is 30.9 Å². The van der Waals surface area contributed by atoms with Crippen LogP contribution in [0.3, 0.4) is 0 Å². The molecule has 1 unspecified atom stereocenters. The first kappa shape index (κ1) is 36.5. The summed E-state index contributed by atoms with van der Waals surface area (Å²) >= 11 is 0. The number of hydrogen-bond acceptors (Lipinski definition) is 9.